The first kappa shape index (κ1) is 13.2. The zero-order valence-corrected chi connectivity index (χ0v) is 10.4. The standard InChI is InChI=1S/C11H18N4O2/c1-8-13-9(7-10(14-8)15(2)3)12-6-4-5-11(16)17/h7H,4-6H2,1-3H3,(H,16,17)(H,12,13,14). The number of aliphatic carboxylic acids is 1. The van der Waals surface area contributed by atoms with Gasteiger partial charge >= 0.3 is 5.97 Å². The highest BCUT2D eigenvalue weighted by Crippen LogP contribution is 2.13. The van der Waals surface area contributed by atoms with Crippen molar-refractivity contribution < 1.29 is 9.90 Å². The van der Waals surface area contributed by atoms with Gasteiger partial charge in [-0.25, -0.2) is 9.97 Å². The fourth-order valence-corrected chi connectivity index (χ4v) is 1.33. The van der Waals surface area contributed by atoms with Gasteiger partial charge in [-0.1, -0.05) is 0 Å². The van der Waals surface area contributed by atoms with Gasteiger partial charge in [0.05, 0.1) is 0 Å². The Morgan fingerprint density at radius 3 is 2.76 bits per heavy atom. The first-order valence-corrected chi connectivity index (χ1v) is 5.47. The summed E-state index contributed by atoms with van der Waals surface area (Å²) in [5.74, 6) is 1.47. The number of carboxylic acid groups (broad SMARTS) is 1. The maximum Gasteiger partial charge on any atom is 0.303 e. The third kappa shape index (κ3) is 4.67. The Balaban J connectivity index is 2.55. The Morgan fingerprint density at radius 2 is 2.18 bits per heavy atom. The second-order valence-corrected chi connectivity index (χ2v) is 3.98. The number of anilines is 2. The molecule has 0 aromatic carbocycles. The number of carbonyl (C=O) groups is 1. The highest BCUT2D eigenvalue weighted by Gasteiger charge is 2.03. The van der Waals surface area contributed by atoms with E-state index in [4.69, 9.17) is 5.11 Å². The summed E-state index contributed by atoms with van der Waals surface area (Å²) >= 11 is 0. The molecule has 0 aliphatic rings. The zero-order valence-electron chi connectivity index (χ0n) is 10.4. The van der Waals surface area contributed by atoms with Crippen molar-refractivity contribution in [2.75, 3.05) is 30.9 Å². The lowest BCUT2D eigenvalue weighted by Gasteiger charge is -2.13. The highest BCUT2D eigenvalue weighted by atomic mass is 16.4. The van der Waals surface area contributed by atoms with E-state index in [2.05, 4.69) is 15.3 Å². The number of nitrogens with zero attached hydrogens (tertiary/aromatic N) is 3. The first-order chi connectivity index (χ1) is 7.99. The van der Waals surface area contributed by atoms with Crippen molar-refractivity contribution in [1.82, 2.24) is 9.97 Å². The molecule has 2 N–H and O–H groups in total. The molecule has 1 aromatic heterocycles. The van der Waals surface area contributed by atoms with Gasteiger partial charge in [0.2, 0.25) is 0 Å². The van der Waals surface area contributed by atoms with Crippen LogP contribution in [0.3, 0.4) is 0 Å². The molecule has 0 bridgehead atoms. The van der Waals surface area contributed by atoms with E-state index in [9.17, 15) is 4.79 Å². The molecule has 1 aromatic rings. The molecule has 1 heterocycles. The molecular weight excluding hydrogens is 220 g/mol. The van der Waals surface area contributed by atoms with Gasteiger partial charge in [-0.2, -0.15) is 0 Å². The Morgan fingerprint density at radius 1 is 1.47 bits per heavy atom. The number of rotatable bonds is 6. The maximum absolute atomic E-state index is 10.3. The SMILES string of the molecule is Cc1nc(NCCCC(=O)O)cc(N(C)C)n1. The van der Waals surface area contributed by atoms with Crippen molar-refractivity contribution in [3.8, 4) is 0 Å². The zero-order chi connectivity index (χ0) is 12.8. The van der Waals surface area contributed by atoms with E-state index >= 15 is 0 Å². The van der Waals surface area contributed by atoms with Gasteiger partial charge in [-0.05, 0) is 13.3 Å². The lowest BCUT2D eigenvalue weighted by Crippen LogP contribution is -2.13. The molecule has 0 radical (unpaired) electrons. The average Bonchev–Trinajstić information content (AvgIpc) is 2.23. The molecule has 17 heavy (non-hydrogen) atoms. The molecule has 0 saturated heterocycles. The second kappa shape index (κ2) is 6.03. The molecule has 0 aliphatic carbocycles. The Kier molecular flexibility index (Phi) is 4.68. The predicted octanol–water partition coefficient (Wildman–Crippen LogP) is 1.13. The summed E-state index contributed by atoms with van der Waals surface area (Å²) in [6.45, 7) is 2.42. The summed E-state index contributed by atoms with van der Waals surface area (Å²) in [6.07, 6.45) is 0.743. The number of aromatic nitrogens is 2. The van der Waals surface area contributed by atoms with E-state index in [0.717, 1.165) is 11.6 Å². The van der Waals surface area contributed by atoms with Gasteiger partial charge < -0.3 is 15.3 Å². The molecule has 94 valence electrons. The largest absolute Gasteiger partial charge is 0.481 e. The Hall–Kier alpha value is -1.85. The molecule has 0 fully saturated rings. The molecule has 0 spiro atoms. The van der Waals surface area contributed by atoms with Crippen LogP contribution in [0, 0.1) is 6.92 Å². The van der Waals surface area contributed by atoms with Crippen LogP contribution in [0.2, 0.25) is 0 Å². The molecule has 6 nitrogen and oxygen atoms in total. The van der Waals surface area contributed by atoms with Crippen molar-refractivity contribution in [3.63, 3.8) is 0 Å². The van der Waals surface area contributed by atoms with Crippen molar-refractivity contribution in [3.05, 3.63) is 11.9 Å². The minimum atomic E-state index is -0.778. The number of aryl methyl sites for hydroxylation is 1. The summed E-state index contributed by atoms with van der Waals surface area (Å²) in [6, 6.07) is 1.84. The van der Waals surface area contributed by atoms with Crippen LogP contribution in [0.1, 0.15) is 18.7 Å². The number of hydrogen-bond donors (Lipinski definition) is 2. The van der Waals surface area contributed by atoms with Crippen LogP contribution >= 0.6 is 0 Å². The Labute approximate surface area is 101 Å². The quantitative estimate of drug-likeness (QED) is 0.723. The Bertz CT molecular complexity index is 393. The van der Waals surface area contributed by atoms with Gasteiger partial charge in [-0.15, -0.1) is 0 Å². The lowest BCUT2D eigenvalue weighted by molar-refractivity contribution is -0.137. The molecule has 6 heteroatoms. The highest BCUT2D eigenvalue weighted by molar-refractivity contribution is 5.66. The van der Waals surface area contributed by atoms with Gasteiger partial charge in [-0.3, -0.25) is 4.79 Å². The van der Waals surface area contributed by atoms with Gasteiger partial charge in [0, 0.05) is 33.1 Å². The number of carboxylic acids is 1. The van der Waals surface area contributed by atoms with Gasteiger partial charge in [0.15, 0.2) is 0 Å². The summed E-state index contributed by atoms with van der Waals surface area (Å²) in [4.78, 5) is 20.8. The fourth-order valence-electron chi connectivity index (χ4n) is 1.33. The maximum atomic E-state index is 10.3. The molecule has 0 amide bonds. The molecule has 1 rings (SSSR count). The monoisotopic (exact) mass is 238 g/mol. The fraction of sp³-hybridized carbons (Fsp3) is 0.545. The summed E-state index contributed by atoms with van der Waals surface area (Å²) in [5.41, 5.74) is 0. The van der Waals surface area contributed by atoms with Crippen molar-refractivity contribution in [2.45, 2.75) is 19.8 Å². The minimum absolute atomic E-state index is 0.164. The predicted molar refractivity (Wildman–Crippen MR) is 66.5 cm³/mol. The summed E-state index contributed by atoms with van der Waals surface area (Å²) in [5, 5.41) is 11.6. The van der Waals surface area contributed by atoms with Crippen molar-refractivity contribution in [2.24, 2.45) is 0 Å². The van der Waals surface area contributed by atoms with Crippen LogP contribution in [0.4, 0.5) is 11.6 Å². The van der Waals surface area contributed by atoms with E-state index in [-0.39, 0.29) is 6.42 Å². The van der Waals surface area contributed by atoms with Crippen LogP contribution in [0.25, 0.3) is 0 Å². The second-order valence-electron chi connectivity index (χ2n) is 3.98. The number of hydrogen-bond acceptors (Lipinski definition) is 5. The molecule has 0 aliphatic heterocycles. The third-order valence-electron chi connectivity index (χ3n) is 2.16. The van der Waals surface area contributed by atoms with Crippen molar-refractivity contribution in [1.29, 1.82) is 0 Å². The van der Waals surface area contributed by atoms with E-state index < -0.39 is 5.97 Å². The smallest absolute Gasteiger partial charge is 0.303 e. The van der Waals surface area contributed by atoms with E-state index in [1.54, 1.807) is 0 Å². The molecule has 0 atom stereocenters. The normalized spacial score (nSPS) is 10.1. The van der Waals surface area contributed by atoms with Crippen LogP contribution in [-0.2, 0) is 4.79 Å². The molecule has 0 saturated carbocycles. The number of nitrogens with one attached hydrogen (secondary N) is 1. The van der Waals surface area contributed by atoms with E-state index in [0.29, 0.717) is 18.8 Å². The van der Waals surface area contributed by atoms with E-state index in [1.807, 2.05) is 32.0 Å². The molecular formula is C11H18N4O2. The van der Waals surface area contributed by atoms with Gasteiger partial charge in [0.1, 0.15) is 17.5 Å². The topological polar surface area (TPSA) is 78.3 Å². The summed E-state index contributed by atoms with van der Waals surface area (Å²) in [7, 11) is 3.83. The third-order valence-corrected chi connectivity index (χ3v) is 2.16. The average molecular weight is 238 g/mol. The summed E-state index contributed by atoms with van der Waals surface area (Å²) < 4.78 is 0. The van der Waals surface area contributed by atoms with Crippen LogP contribution in [-0.4, -0.2) is 41.7 Å². The van der Waals surface area contributed by atoms with Crippen molar-refractivity contribution >= 4 is 17.6 Å². The van der Waals surface area contributed by atoms with Gasteiger partial charge in [0.25, 0.3) is 0 Å². The minimum Gasteiger partial charge on any atom is -0.481 e. The van der Waals surface area contributed by atoms with Crippen LogP contribution in [0.15, 0.2) is 6.07 Å². The van der Waals surface area contributed by atoms with Crippen LogP contribution < -0.4 is 10.2 Å². The van der Waals surface area contributed by atoms with Crippen LogP contribution in [0.5, 0.6) is 0 Å². The van der Waals surface area contributed by atoms with E-state index in [1.165, 1.54) is 0 Å². The first-order valence-electron chi connectivity index (χ1n) is 5.47. The lowest BCUT2D eigenvalue weighted by atomic mass is 10.3. The molecule has 0 unspecified atom stereocenters.